The number of aryl methyl sites for hydroxylation is 1. The second-order valence-corrected chi connectivity index (χ2v) is 13.3. The van der Waals surface area contributed by atoms with Crippen molar-refractivity contribution in [1.29, 1.82) is 0 Å². The molecule has 0 spiro atoms. The summed E-state index contributed by atoms with van der Waals surface area (Å²) in [5.74, 6) is 0.141. The molecule has 3 rings (SSSR count). The number of benzene rings is 2. The molecule has 13 nitrogen and oxygen atoms in total. The number of aliphatic carboxylic acids is 1. The molecule has 1 N–H and O–H groups in total. The van der Waals surface area contributed by atoms with E-state index in [1.807, 2.05) is 25.1 Å². The second-order valence-electron chi connectivity index (χ2n) is 11.4. The van der Waals surface area contributed by atoms with E-state index < -0.39 is 15.8 Å². The third-order valence-electron chi connectivity index (χ3n) is 6.90. The average Bonchev–Trinajstić information content (AvgIpc) is 3.40. The van der Waals surface area contributed by atoms with Crippen molar-refractivity contribution in [2.24, 2.45) is 0 Å². The lowest BCUT2D eigenvalue weighted by molar-refractivity contribution is -0.138. The van der Waals surface area contributed by atoms with E-state index in [9.17, 15) is 13.2 Å². The molecule has 1 heterocycles. The zero-order valence-electron chi connectivity index (χ0n) is 27.4. The number of carbonyl (C=O) groups is 1. The van der Waals surface area contributed by atoms with Crippen molar-refractivity contribution >= 4 is 15.8 Å². The Labute approximate surface area is 270 Å². The van der Waals surface area contributed by atoms with Gasteiger partial charge in [0.05, 0.1) is 77.0 Å². The third-order valence-corrected chi connectivity index (χ3v) is 8.68. The monoisotopic (exact) mass is 663 g/mol. The first kappa shape index (κ1) is 36.9. The van der Waals surface area contributed by atoms with Crippen LogP contribution in [0.4, 0.5) is 0 Å². The maximum Gasteiger partial charge on any atom is 0.305 e. The number of nitrogens with zero attached hydrogens (tertiary/aromatic N) is 3. The Balaban J connectivity index is 1.48. The van der Waals surface area contributed by atoms with Gasteiger partial charge in [0.1, 0.15) is 23.8 Å². The molecule has 0 bridgehead atoms. The molecule has 46 heavy (non-hydrogen) atoms. The van der Waals surface area contributed by atoms with E-state index in [1.165, 1.54) is 11.8 Å². The van der Waals surface area contributed by atoms with Crippen LogP contribution in [0.3, 0.4) is 0 Å². The van der Waals surface area contributed by atoms with E-state index in [2.05, 4.69) is 31.1 Å². The number of carboxylic acid groups (broad SMARTS) is 1. The topological polar surface area (TPSA) is 158 Å². The number of hydrogen-bond donors (Lipinski definition) is 1. The standard InChI is InChI=1S/C32H45N3O10S/c1-23-21-27(35-24(2)31(33-34-35)46(38,39)26-9-7-25(8-10-26)32(3,4)5)29(40-6)22-28(23)45-20-19-44-18-17-43-16-15-42-14-13-41-12-11-30(36)37/h7-10,21-22H,11-20H2,1-6H3,(H,36,37). The first-order valence-electron chi connectivity index (χ1n) is 15.0. The van der Waals surface area contributed by atoms with Crippen molar-refractivity contribution in [2.75, 3.05) is 66.6 Å². The molecule has 14 heteroatoms. The van der Waals surface area contributed by atoms with Crippen LogP contribution in [0.15, 0.2) is 46.3 Å². The minimum Gasteiger partial charge on any atom is -0.494 e. The normalized spacial score (nSPS) is 12.0. The molecule has 0 fully saturated rings. The van der Waals surface area contributed by atoms with Gasteiger partial charge in [0.15, 0.2) is 0 Å². The number of methoxy groups -OCH3 is 1. The molecule has 1 aromatic heterocycles. The van der Waals surface area contributed by atoms with E-state index in [-0.39, 0.29) is 28.4 Å². The Hall–Kier alpha value is -3.56. The van der Waals surface area contributed by atoms with Crippen LogP contribution in [0.1, 0.15) is 44.0 Å². The Bertz CT molecular complexity index is 1520. The maximum absolute atomic E-state index is 13.5. The Kier molecular flexibility index (Phi) is 13.9. The number of carboxylic acids is 1. The molecular weight excluding hydrogens is 618 g/mol. The molecule has 2 aromatic carbocycles. The lowest BCUT2D eigenvalue weighted by Crippen LogP contribution is -2.14. The molecule has 0 unspecified atom stereocenters. The minimum absolute atomic E-state index is 0.0244. The molecule has 3 aromatic rings. The summed E-state index contributed by atoms with van der Waals surface area (Å²) < 4.78 is 61.4. The van der Waals surface area contributed by atoms with Gasteiger partial charge in [-0.25, -0.2) is 13.1 Å². The van der Waals surface area contributed by atoms with Crippen LogP contribution in [0, 0.1) is 13.8 Å². The van der Waals surface area contributed by atoms with Crippen molar-refractivity contribution in [3.8, 4) is 17.2 Å². The lowest BCUT2D eigenvalue weighted by Gasteiger charge is -2.19. The number of rotatable bonds is 20. The largest absolute Gasteiger partial charge is 0.494 e. The van der Waals surface area contributed by atoms with E-state index in [1.54, 1.807) is 25.1 Å². The highest BCUT2D eigenvalue weighted by atomic mass is 32.2. The summed E-state index contributed by atoms with van der Waals surface area (Å²) in [5.41, 5.74) is 2.61. The Morgan fingerprint density at radius 3 is 1.89 bits per heavy atom. The van der Waals surface area contributed by atoms with Gasteiger partial charge in [-0.2, -0.15) is 0 Å². The second kappa shape index (κ2) is 17.4. The van der Waals surface area contributed by atoms with E-state index in [0.29, 0.717) is 75.7 Å². The average molecular weight is 664 g/mol. The summed E-state index contributed by atoms with van der Waals surface area (Å²) in [7, 11) is -2.38. The Morgan fingerprint density at radius 1 is 0.826 bits per heavy atom. The van der Waals surface area contributed by atoms with Crippen LogP contribution in [0.25, 0.3) is 5.69 Å². The third kappa shape index (κ3) is 10.5. The molecule has 0 amide bonds. The quantitative estimate of drug-likeness (QED) is 0.174. The summed E-state index contributed by atoms with van der Waals surface area (Å²) in [6.45, 7) is 12.9. The predicted molar refractivity (Wildman–Crippen MR) is 169 cm³/mol. The fourth-order valence-corrected chi connectivity index (χ4v) is 5.65. The van der Waals surface area contributed by atoms with Gasteiger partial charge in [0.25, 0.3) is 0 Å². The smallest absolute Gasteiger partial charge is 0.305 e. The number of ether oxygens (including phenoxy) is 6. The summed E-state index contributed by atoms with van der Waals surface area (Å²) in [5, 5.41) is 16.6. The van der Waals surface area contributed by atoms with Gasteiger partial charge in [-0.3, -0.25) is 4.79 Å². The Morgan fingerprint density at radius 2 is 1.37 bits per heavy atom. The van der Waals surface area contributed by atoms with Gasteiger partial charge >= 0.3 is 5.97 Å². The van der Waals surface area contributed by atoms with Crippen LogP contribution >= 0.6 is 0 Å². The SMILES string of the molecule is COc1cc(OCCOCCOCCOCCOCCC(=O)O)c(C)cc1-n1nnc(S(=O)(=O)c2ccc(C(C)(C)C)cc2)c1C. The first-order chi connectivity index (χ1) is 21.9. The van der Waals surface area contributed by atoms with Crippen LogP contribution < -0.4 is 9.47 Å². The van der Waals surface area contributed by atoms with Gasteiger partial charge in [0.2, 0.25) is 14.9 Å². The zero-order valence-corrected chi connectivity index (χ0v) is 28.2. The predicted octanol–water partition coefficient (Wildman–Crippen LogP) is 3.94. The molecule has 0 atom stereocenters. The summed E-state index contributed by atoms with van der Waals surface area (Å²) in [6.07, 6.45) is -0.0244. The molecule has 254 valence electrons. The van der Waals surface area contributed by atoms with Crippen LogP contribution in [-0.2, 0) is 39.0 Å². The fourth-order valence-electron chi connectivity index (χ4n) is 4.31. The molecule has 0 aliphatic heterocycles. The van der Waals surface area contributed by atoms with Crippen molar-refractivity contribution in [3.63, 3.8) is 0 Å². The number of hydrogen-bond acceptors (Lipinski definition) is 11. The lowest BCUT2D eigenvalue weighted by atomic mass is 9.87. The molecule has 0 saturated carbocycles. The molecule has 0 radical (unpaired) electrons. The van der Waals surface area contributed by atoms with Crippen LogP contribution in [-0.4, -0.2) is 101 Å². The summed E-state index contributed by atoms with van der Waals surface area (Å²) in [4.78, 5) is 10.5. The molecule has 0 aliphatic carbocycles. The first-order valence-corrected chi connectivity index (χ1v) is 16.5. The van der Waals surface area contributed by atoms with E-state index in [4.69, 9.17) is 33.5 Å². The van der Waals surface area contributed by atoms with Crippen molar-refractivity contribution < 1.29 is 46.7 Å². The van der Waals surface area contributed by atoms with Crippen molar-refractivity contribution in [2.45, 2.75) is 56.4 Å². The highest BCUT2D eigenvalue weighted by Crippen LogP contribution is 2.33. The highest BCUT2D eigenvalue weighted by molar-refractivity contribution is 7.91. The number of sulfone groups is 1. The summed E-state index contributed by atoms with van der Waals surface area (Å²) in [6, 6.07) is 10.4. The van der Waals surface area contributed by atoms with E-state index >= 15 is 0 Å². The molecule has 0 saturated heterocycles. The fraction of sp³-hybridized carbons (Fsp3) is 0.531. The van der Waals surface area contributed by atoms with E-state index in [0.717, 1.165) is 11.1 Å². The van der Waals surface area contributed by atoms with Crippen LogP contribution in [0.2, 0.25) is 0 Å². The zero-order chi connectivity index (χ0) is 33.7. The van der Waals surface area contributed by atoms with Gasteiger partial charge in [0, 0.05) is 6.07 Å². The van der Waals surface area contributed by atoms with Gasteiger partial charge in [-0.05, 0) is 48.6 Å². The highest BCUT2D eigenvalue weighted by Gasteiger charge is 2.27. The van der Waals surface area contributed by atoms with Gasteiger partial charge in [-0.1, -0.05) is 38.1 Å². The van der Waals surface area contributed by atoms with Gasteiger partial charge in [-0.15, -0.1) is 5.10 Å². The van der Waals surface area contributed by atoms with Crippen LogP contribution in [0.5, 0.6) is 11.5 Å². The van der Waals surface area contributed by atoms with Crippen molar-refractivity contribution in [3.05, 3.63) is 53.2 Å². The summed E-state index contributed by atoms with van der Waals surface area (Å²) >= 11 is 0. The number of aromatic nitrogens is 3. The van der Waals surface area contributed by atoms with Crippen molar-refractivity contribution in [1.82, 2.24) is 15.0 Å². The maximum atomic E-state index is 13.5. The molecular formula is C32H45N3O10S. The molecule has 0 aliphatic rings. The van der Waals surface area contributed by atoms with Gasteiger partial charge < -0.3 is 33.5 Å². The minimum atomic E-state index is -3.90.